The van der Waals surface area contributed by atoms with Gasteiger partial charge in [-0.1, -0.05) is 29.8 Å². The quantitative estimate of drug-likeness (QED) is 0.242. The number of halogens is 1. The molecule has 0 radical (unpaired) electrons. The van der Waals surface area contributed by atoms with Crippen LogP contribution in [0.25, 0.3) is 6.08 Å². The maximum Gasteiger partial charge on any atom is 0.328 e. The van der Waals surface area contributed by atoms with E-state index in [0.29, 0.717) is 30.3 Å². The number of methoxy groups -OCH3 is 1. The average Bonchev–Trinajstić information content (AvgIpc) is 3.05. The molecule has 33 heavy (non-hydrogen) atoms. The van der Waals surface area contributed by atoms with E-state index in [1.807, 2.05) is 38.1 Å². The number of carbonyl (C=O) groups is 3. The second-order valence-electron chi connectivity index (χ2n) is 7.29. The second-order valence-corrected chi connectivity index (χ2v) is 9.45. The lowest BCUT2D eigenvalue weighted by atomic mass is 10.1. The number of esters is 1. The Bertz CT molecular complexity index is 1120. The molecule has 1 aliphatic rings. The van der Waals surface area contributed by atoms with Gasteiger partial charge < -0.3 is 14.2 Å². The van der Waals surface area contributed by atoms with Gasteiger partial charge in [0.2, 0.25) is 0 Å². The molecule has 1 heterocycles. The van der Waals surface area contributed by atoms with Crippen molar-refractivity contribution in [3.05, 3.63) is 61.6 Å². The molecule has 2 aromatic rings. The Kier molecular flexibility index (Phi) is 8.41. The number of carbonyl (C=O) groups excluding carboxylic acids is 3. The molecule has 3 rings (SSSR count). The molecular formula is C24H24INO6S. The van der Waals surface area contributed by atoms with Crippen LogP contribution >= 0.6 is 34.4 Å². The van der Waals surface area contributed by atoms with E-state index in [0.717, 1.165) is 31.4 Å². The minimum atomic E-state index is -0.995. The number of ether oxygens (including phenoxy) is 3. The van der Waals surface area contributed by atoms with Crippen LogP contribution in [0.1, 0.15) is 30.5 Å². The van der Waals surface area contributed by atoms with Crippen molar-refractivity contribution in [2.24, 2.45) is 0 Å². The van der Waals surface area contributed by atoms with Crippen molar-refractivity contribution in [3.63, 3.8) is 0 Å². The number of hydrogen-bond acceptors (Lipinski definition) is 7. The first kappa shape index (κ1) is 25.1. The third kappa shape index (κ3) is 5.89. The third-order valence-electron chi connectivity index (χ3n) is 4.85. The van der Waals surface area contributed by atoms with Gasteiger partial charge in [0.15, 0.2) is 11.5 Å². The van der Waals surface area contributed by atoms with Crippen molar-refractivity contribution in [2.75, 3.05) is 13.7 Å². The number of rotatable bonds is 8. The first-order valence-electron chi connectivity index (χ1n) is 10.2. The van der Waals surface area contributed by atoms with Gasteiger partial charge >= 0.3 is 5.97 Å². The fourth-order valence-electron chi connectivity index (χ4n) is 3.27. The molecule has 0 aliphatic carbocycles. The summed E-state index contributed by atoms with van der Waals surface area (Å²) >= 11 is 2.95. The number of imide groups is 1. The molecular weight excluding hydrogens is 557 g/mol. The van der Waals surface area contributed by atoms with Gasteiger partial charge in [-0.2, -0.15) is 0 Å². The van der Waals surface area contributed by atoms with Crippen LogP contribution in [0.3, 0.4) is 0 Å². The standard InChI is InChI=1S/C24H24INO6S/c1-5-31-19-11-17(10-18(25)21(19)32-13-16-8-6-7-14(2)9-16)12-20-22(27)26(24(29)33-20)15(3)23(28)30-4/h6-12,15H,5,13H2,1-4H3/b20-12+/t15-/m0/s1. The third-order valence-corrected chi connectivity index (χ3v) is 6.53. The van der Waals surface area contributed by atoms with Crippen LogP contribution in [0.15, 0.2) is 41.3 Å². The van der Waals surface area contributed by atoms with E-state index < -0.39 is 23.2 Å². The molecule has 0 spiro atoms. The molecule has 0 unspecified atom stereocenters. The molecule has 2 amide bonds. The number of aryl methyl sites for hydroxylation is 1. The number of amides is 2. The summed E-state index contributed by atoms with van der Waals surface area (Å²) in [5.41, 5.74) is 2.88. The van der Waals surface area contributed by atoms with Gasteiger partial charge in [0.25, 0.3) is 11.1 Å². The van der Waals surface area contributed by atoms with Gasteiger partial charge in [0.1, 0.15) is 12.6 Å². The molecule has 174 valence electrons. The Hall–Kier alpha value is -2.53. The molecule has 1 atom stereocenters. The van der Waals surface area contributed by atoms with Crippen molar-refractivity contribution in [1.82, 2.24) is 4.90 Å². The van der Waals surface area contributed by atoms with Crippen LogP contribution in [0, 0.1) is 10.5 Å². The summed E-state index contributed by atoms with van der Waals surface area (Å²) in [5.74, 6) is -0.0218. The Morgan fingerprint density at radius 2 is 1.97 bits per heavy atom. The molecule has 7 nitrogen and oxygen atoms in total. The van der Waals surface area contributed by atoms with Gasteiger partial charge in [-0.25, -0.2) is 4.79 Å². The van der Waals surface area contributed by atoms with E-state index in [1.54, 1.807) is 12.1 Å². The van der Waals surface area contributed by atoms with Crippen LogP contribution in [-0.2, 0) is 20.9 Å². The second kappa shape index (κ2) is 11.1. The summed E-state index contributed by atoms with van der Waals surface area (Å²) in [5, 5.41) is -0.512. The molecule has 0 saturated carbocycles. The first-order valence-corrected chi connectivity index (χ1v) is 12.1. The van der Waals surface area contributed by atoms with E-state index in [9.17, 15) is 14.4 Å². The zero-order valence-corrected chi connectivity index (χ0v) is 21.7. The van der Waals surface area contributed by atoms with Crippen molar-refractivity contribution < 1.29 is 28.6 Å². The summed E-state index contributed by atoms with van der Waals surface area (Å²) in [6.45, 7) is 6.20. The van der Waals surface area contributed by atoms with Gasteiger partial charge in [0, 0.05) is 0 Å². The maximum atomic E-state index is 12.8. The smallest absolute Gasteiger partial charge is 0.328 e. The van der Waals surface area contributed by atoms with Gasteiger partial charge in [-0.3, -0.25) is 14.5 Å². The number of thioether (sulfide) groups is 1. The van der Waals surface area contributed by atoms with Crippen LogP contribution in [0.5, 0.6) is 11.5 Å². The highest BCUT2D eigenvalue weighted by molar-refractivity contribution is 14.1. The summed E-state index contributed by atoms with van der Waals surface area (Å²) in [6.07, 6.45) is 1.61. The highest BCUT2D eigenvalue weighted by Crippen LogP contribution is 2.38. The lowest BCUT2D eigenvalue weighted by Crippen LogP contribution is -2.42. The van der Waals surface area contributed by atoms with Gasteiger partial charge in [-0.15, -0.1) is 0 Å². The Morgan fingerprint density at radius 3 is 2.64 bits per heavy atom. The minimum Gasteiger partial charge on any atom is -0.490 e. The lowest BCUT2D eigenvalue weighted by molar-refractivity contribution is -0.148. The van der Waals surface area contributed by atoms with E-state index in [4.69, 9.17) is 9.47 Å². The fraction of sp³-hybridized carbons (Fsp3) is 0.292. The van der Waals surface area contributed by atoms with Crippen molar-refractivity contribution in [1.29, 1.82) is 0 Å². The number of nitrogens with zero attached hydrogens (tertiary/aromatic N) is 1. The number of hydrogen-bond donors (Lipinski definition) is 0. The Labute approximate surface area is 210 Å². The Balaban J connectivity index is 1.87. The zero-order valence-electron chi connectivity index (χ0n) is 18.7. The highest BCUT2D eigenvalue weighted by atomic mass is 127. The van der Waals surface area contributed by atoms with E-state index in [1.165, 1.54) is 14.0 Å². The molecule has 1 aliphatic heterocycles. The van der Waals surface area contributed by atoms with E-state index in [-0.39, 0.29) is 4.91 Å². The molecule has 1 saturated heterocycles. The maximum absolute atomic E-state index is 12.8. The minimum absolute atomic E-state index is 0.224. The van der Waals surface area contributed by atoms with Crippen molar-refractivity contribution in [3.8, 4) is 11.5 Å². The summed E-state index contributed by atoms with van der Waals surface area (Å²) in [4.78, 5) is 38.1. The molecule has 9 heteroatoms. The normalized spacial score (nSPS) is 15.7. The Morgan fingerprint density at radius 1 is 1.21 bits per heavy atom. The molecule has 2 aromatic carbocycles. The van der Waals surface area contributed by atoms with Crippen molar-refractivity contribution in [2.45, 2.75) is 33.4 Å². The van der Waals surface area contributed by atoms with Gasteiger partial charge in [0.05, 0.1) is 22.2 Å². The highest BCUT2D eigenvalue weighted by Gasteiger charge is 2.41. The zero-order chi connectivity index (χ0) is 24.1. The average molecular weight is 581 g/mol. The van der Waals surface area contributed by atoms with E-state index in [2.05, 4.69) is 33.4 Å². The summed E-state index contributed by atoms with van der Waals surface area (Å²) in [6, 6.07) is 10.7. The topological polar surface area (TPSA) is 82.1 Å². The largest absolute Gasteiger partial charge is 0.490 e. The van der Waals surface area contributed by atoms with Crippen LogP contribution < -0.4 is 9.47 Å². The van der Waals surface area contributed by atoms with Gasteiger partial charge in [-0.05, 0) is 84.5 Å². The number of benzene rings is 2. The van der Waals surface area contributed by atoms with E-state index >= 15 is 0 Å². The summed E-state index contributed by atoms with van der Waals surface area (Å²) in [7, 11) is 1.22. The van der Waals surface area contributed by atoms with Crippen LogP contribution in [0.2, 0.25) is 0 Å². The van der Waals surface area contributed by atoms with Crippen molar-refractivity contribution >= 4 is 57.5 Å². The monoisotopic (exact) mass is 581 g/mol. The summed E-state index contributed by atoms with van der Waals surface area (Å²) < 4.78 is 17.3. The van der Waals surface area contributed by atoms with Crippen LogP contribution in [0.4, 0.5) is 4.79 Å². The van der Waals surface area contributed by atoms with Crippen LogP contribution in [-0.4, -0.2) is 41.8 Å². The first-order chi connectivity index (χ1) is 15.7. The predicted octanol–water partition coefficient (Wildman–Crippen LogP) is 5.18. The predicted molar refractivity (Wildman–Crippen MR) is 135 cm³/mol. The fourth-order valence-corrected chi connectivity index (χ4v) is 4.96. The lowest BCUT2D eigenvalue weighted by Gasteiger charge is -2.18. The molecule has 1 fully saturated rings. The molecule has 0 bridgehead atoms. The molecule has 0 N–H and O–H groups in total. The molecule has 0 aromatic heterocycles. The SMILES string of the molecule is CCOc1cc(/C=C2/SC(=O)N([C@@H](C)C(=O)OC)C2=O)cc(I)c1OCc1cccc(C)c1.